The Bertz CT molecular complexity index is 315. The van der Waals surface area contributed by atoms with Gasteiger partial charge >= 0.3 is 0 Å². The van der Waals surface area contributed by atoms with Gasteiger partial charge in [-0.1, -0.05) is 25.1 Å². The Morgan fingerprint density at radius 2 is 1.88 bits per heavy atom. The first-order chi connectivity index (χ1) is 8.29. The summed E-state index contributed by atoms with van der Waals surface area (Å²) >= 11 is 0. The predicted molar refractivity (Wildman–Crippen MR) is 70.3 cm³/mol. The highest BCUT2D eigenvalue weighted by Crippen LogP contribution is 2.25. The second kappa shape index (κ2) is 8.09. The molecule has 3 heteroatoms. The molecule has 0 spiro atoms. The Kier molecular flexibility index (Phi) is 6.67. The van der Waals surface area contributed by atoms with Gasteiger partial charge in [0.15, 0.2) is 0 Å². The van der Waals surface area contributed by atoms with Gasteiger partial charge in [0.2, 0.25) is 0 Å². The van der Waals surface area contributed by atoms with Crippen molar-refractivity contribution in [1.29, 1.82) is 0 Å². The summed E-state index contributed by atoms with van der Waals surface area (Å²) < 4.78 is 10.8. The topological polar surface area (TPSA) is 44.5 Å². The third-order valence-corrected chi connectivity index (χ3v) is 2.76. The molecule has 3 nitrogen and oxygen atoms in total. The van der Waals surface area contributed by atoms with E-state index in [2.05, 4.69) is 6.92 Å². The summed E-state index contributed by atoms with van der Waals surface area (Å²) in [5.41, 5.74) is 7.15. The molecule has 1 aromatic rings. The molecule has 1 atom stereocenters. The van der Waals surface area contributed by atoms with Gasteiger partial charge in [-0.25, -0.2) is 0 Å². The predicted octanol–water partition coefficient (Wildman–Crippen LogP) is 2.90. The number of para-hydroxylation sites is 1. The van der Waals surface area contributed by atoms with Crippen LogP contribution in [0.25, 0.3) is 0 Å². The summed E-state index contributed by atoms with van der Waals surface area (Å²) in [7, 11) is 1.72. The number of ether oxygens (including phenoxy) is 2. The minimum absolute atomic E-state index is 0.0603. The molecule has 0 radical (unpaired) electrons. The summed E-state index contributed by atoms with van der Waals surface area (Å²) in [6, 6.07) is 8.07. The van der Waals surface area contributed by atoms with Crippen molar-refractivity contribution in [2.24, 2.45) is 5.73 Å². The number of methoxy groups -OCH3 is 1. The number of unbranched alkanes of at least 4 members (excludes halogenated alkanes) is 1. The van der Waals surface area contributed by atoms with Crippen molar-refractivity contribution < 1.29 is 9.47 Å². The summed E-state index contributed by atoms with van der Waals surface area (Å²) in [4.78, 5) is 0. The van der Waals surface area contributed by atoms with E-state index in [0.29, 0.717) is 0 Å². The van der Waals surface area contributed by atoms with Crippen LogP contribution in [-0.2, 0) is 4.74 Å². The van der Waals surface area contributed by atoms with Crippen LogP contribution in [0.15, 0.2) is 24.3 Å². The maximum absolute atomic E-state index is 6.05. The van der Waals surface area contributed by atoms with Crippen LogP contribution < -0.4 is 10.5 Å². The smallest absolute Gasteiger partial charge is 0.124 e. The van der Waals surface area contributed by atoms with Crippen LogP contribution in [0.5, 0.6) is 5.75 Å². The van der Waals surface area contributed by atoms with Gasteiger partial charge in [-0.3, -0.25) is 0 Å². The maximum Gasteiger partial charge on any atom is 0.124 e. The van der Waals surface area contributed by atoms with Crippen LogP contribution in [0.3, 0.4) is 0 Å². The molecule has 1 rings (SSSR count). The van der Waals surface area contributed by atoms with E-state index in [9.17, 15) is 0 Å². The van der Waals surface area contributed by atoms with Crippen molar-refractivity contribution in [1.82, 2.24) is 0 Å². The molecule has 0 aliphatic carbocycles. The van der Waals surface area contributed by atoms with Crippen LogP contribution in [0.2, 0.25) is 0 Å². The minimum atomic E-state index is 0.0603. The summed E-state index contributed by atoms with van der Waals surface area (Å²) in [5, 5.41) is 0. The highest BCUT2D eigenvalue weighted by atomic mass is 16.5. The zero-order valence-corrected chi connectivity index (χ0v) is 10.8. The Labute approximate surface area is 104 Å². The second-order valence-corrected chi connectivity index (χ2v) is 4.10. The average molecular weight is 237 g/mol. The van der Waals surface area contributed by atoms with E-state index < -0.39 is 0 Å². The van der Waals surface area contributed by atoms with E-state index in [4.69, 9.17) is 15.2 Å². The van der Waals surface area contributed by atoms with E-state index >= 15 is 0 Å². The van der Waals surface area contributed by atoms with Gasteiger partial charge in [0, 0.05) is 25.3 Å². The van der Waals surface area contributed by atoms with Crippen LogP contribution in [0, 0.1) is 0 Å². The van der Waals surface area contributed by atoms with E-state index in [1.54, 1.807) is 7.11 Å². The Morgan fingerprint density at radius 3 is 2.59 bits per heavy atom. The molecule has 0 saturated carbocycles. The third kappa shape index (κ3) is 4.75. The fraction of sp³-hybridized carbons (Fsp3) is 0.571. The first-order valence-electron chi connectivity index (χ1n) is 6.25. The molecule has 0 aliphatic heterocycles. The highest BCUT2D eigenvalue weighted by Gasteiger charge is 2.09. The number of benzene rings is 1. The average Bonchev–Trinajstić information content (AvgIpc) is 2.38. The number of hydrogen-bond acceptors (Lipinski definition) is 3. The lowest BCUT2D eigenvalue weighted by molar-refractivity contribution is 0.184. The molecule has 1 aromatic carbocycles. The van der Waals surface area contributed by atoms with Gasteiger partial charge in [0.1, 0.15) is 5.75 Å². The largest absolute Gasteiger partial charge is 0.493 e. The molecule has 0 heterocycles. The fourth-order valence-electron chi connectivity index (χ4n) is 1.67. The Morgan fingerprint density at radius 1 is 1.18 bits per heavy atom. The maximum atomic E-state index is 6.05. The van der Waals surface area contributed by atoms with Crippen molar-refractivity contribution in [2.45, 2.75) is 32.2 Å². The molecule has 0 aromatic heterocycles. The molecular formula is C14H23NO2. The normalized spacial score (nSPS) is 12.4. The van der Waals surface area contributed by atoms with Gasteiger partial charge < -0.3 is 15.2 Å². The number of rotatable bonds is 8. The quantitative estimate of drug-likeness (QED) is 0.707. The molecule has 1 unspecified atom stereocenters. The molecule has 96 valence electrons. The molecule has 0 saturated heterocycles. The van der Waals surface area contributed by atoms with E-state index in [-0.39, 0.29) is 6.04 Å². The van der Waals surface area contributed by atoms with Gasteiger partial charge in [-0.2, -0.15) is 0 Å². The molecule has 0 aliphatic rings. The van der Waals surface area contributed by atoms with Crippen molar-refractivity contribution in [3.8, 4) is 5.75 Å². The highest BCUT2D eigenvalue weighted by molar-refractivity contribution is 5.35. The SMILES string of the molecule is CCC(N)c1ccccc1OCCCCOC. The Hall–Kier alpha value is -1.06. The molecular weight excluding hydrogens is 214 g/mol. The van der Waals surface area contributed by atoms with E-state index in [0.717, 1.165) is 43.8 Å². The first-order valence-corrected chi connectivity index (χ1v) is 6.25. The summed E-state index contributed by atoms with van der Waals surface area (Å²) in [5.74, 6) is 0.916. The summed E-state index contributed by atoms with van der Waals surface area (Å²) in [6.07, 6.45) is 2.95. The lowest BCUT2D eigenvalue weighted by Crippen LogP contribution is -2.11. The molecule has 2 N–H and O–H groups in total. The molecule has 0 amide bonds. The first kappa shape index (κ1) is 14.0. The molecule has 0 fully saturated rings. The Balaban J connectivity index is 2.46. The molecule has 0 bridgehead atoms. The zero-order valence-electron chi connectivity index (χ0n) is 10.8. The van der Waals surface area contributed by atoms with E-state index in [1.165, 1.54) is 0 Å². The second-order valence-electron chi connectivity index (χ2n) is 4.10. The molecule has 17 heavy (non-hydrogen) atoms. The summed E-state index contributed by atoms with van der Waals surface area (Å²) in [6.45, 7) is 3.59. The van der Waals surface area contributed by atoms with Gasteiger partial charge in [0.25, 0.3) is 0 Å². The van der Waals surface area contributed by atoms with Crippen molar-refractivity contribution in [3.05, 3.63) is 29.8 Å². The van der Waals surface area contributed by atoms with E-state index in [1.807, 2.05) is 24.3 Å². The van der Waals surface area contributed by atoms with Gasteiger partial charge in [0.05, 0.1) is 6.61 Å². The van der Waals surface area contributed by atoms with Crippen molar-refractivity contribution >= 4 is 0 Å². The standard InChI is InChI=1S/C14H23NO2/c1-3-13(15)12-8-4-5-9-14(12)17-11-7-6-10-16-2/h4-5,8-9,13H,3,6-7,10-11,15H2,1-2H3. The van der Waals surface area contributed by atoms with Crippen molar-refractivity contribution in [2.75, 3.05) is 20.3 Å². The zero-order chi connectivity index (χ0) is 12.5. The van der Waals surface area contributed by atoms with Crippen LogP contribution in [0.4, 0.5) is 0 Å². The van der Waals surface area contributed by atoms with Crippen LogP contribution >= 0.6 is 0 Å². The minimum Gasteiger partial charge on any atom is -0.493 e. The fourth-order valence-corrected chi connectivity index (χ4v) is 1.67. The van der Waals surface area contributed by atoms with Crippen molar-refractivity contribution in [3.63, 3.8) is 0 Å². The lowest BCUT2D eigenvalue weighted by Gasteiger charge is -2.15. The number of nitrogens with two attached hydrogens (primary N) is 1. The van der Waals surface area contributed by atoms with Gasteiger partial charge in [-0.05, 0) is 25.3 Å². The monoisotopic (exact) mass is 237 g/mol. The lowest BCUT2D eigenvalue weighted by atomic mass is 10.0. The van der Waals surface area contributed by atoms with Crippen LogP contribution in [0.1, 0.15) is 37.8 Å². The third-order valence-electron chi connectivity index (χ3n) is 2.76. The van der Waals surface area contributed by atoms with Crippen LogP contribution in [-0.4, -0.2) is 20.3 Å². The van der Waals surface area contributed by atoms with Gasteiger partial charge in [-0.15, -0.1) is 0 Å². The number of hydrogen-bond donors (Lipinski definition) is 1.